The molecule has 3 atom stereocenters. The van der Waals surface area contributed by atoms with Crippen LogP contribution < -0.4 is 5.32 Å². The summed E-state index contributed by atoms with van der Waals surface area (Å²) in [7, 11) is 0. The van der Waals surface area contributed by atoms with Gasteiger partial charge in [-0.3, -0.25) is 0 Å². The third kappa shape index (κ3) is 0.690. The zero-order valence-electron chi connectivity index (χ0n) is 6.55. The van der Waals surface area contributed by atoms with Gasteiger partial charge in [-0.05, 0) is 25.3 Å². The molecule has 2 heteroatoms. The van der Waals surface area contributed by atoms with Crippen molar-refractivity contribution in [3.63, 3.8) is 0 Å². The fourth-order valence-corrected chi connectivity index (χ4v) is 2.64. The number of fused-ring (bicyclic) bond motifs is 1. The third-order valence-corrected chi connectivity index (χ3v) is 3.24. The molecule has 0 radical (unpaired) electrons. The van der Waals surface area contributed by atoms with Crippen molar-refractivity contribution in [1.29, 1.82) is 0 Å². The lowest BCUT2D eigenvalue weighted by atomic mass is 9.79. The van der Waals surface area contributed by atoms with Gasteiger partial charge in [0.2, 0.25) is 0 Å². The van der Waals surface area contributed by atoms with Crippen molar-refractivity contribution in [2.45, 2.75) is 24.5 Å². The molecule has 3 aliphatic rings. The zero-order chi connectivity index (χ0) is 7.31. The van der Waals surface area contributed by atoms with Gasteiger partial charge in [0.25, 0.3) is 0 Å². The molecule has 0 aromatic carbocycles. The number of rotatable bonds is 0. The maximum Gasteiger partial charge on any atom is 0.102 e. The number of piperidine rings is 1. The van der Waals surface area contributed by atoms with Crippen LogP contribution in [-0.2, 0) is 4.74 Å². The molecule has 0 aromatic heterocycles. The van der Waals surface area contributed by atoms with E-state index in [-0.39, 0.29) is 5.60 Å². The summed E-state index contributed by atoms with van der Waals surface area (Å²) < 4.78 is 5.89. The van der Waals surface area contributed by atoms with E-state index in [9.17, 15) is 0 Å². The molecule has 0 aliphatic carbocycles. The van der Waals surface area contributed by atoms with Gasteiger partial charge in [0, 0.05) is 6.54 Å². The molecule has 2 nitrogen and oxygen atoms in total. The highest BCUT2D eigenvalue weighted by Crippen LogP contribution is 2.45. The molecular formula is C9H13NO. The molecule has 1 spiro atoms. The Morgan fingerprint density at radius 1 is 1.55 bits per heavy atom. The van der Waals surface area contributed by atoms with Crippen molar-refractivity contribution in [1.82, 2.24) is 5.32 Å². The zero-order valence-corrected chi connectivity index (χ0v) is 6.55. The van der Waals surface area contributed by atoms with Crippen LogP contribution in [-0.4, -0.2) is 24.8 Å². The van der Waals surface area contributed by atoms with Crippen LogP contribution in [0.4, 0.5) is 0 Å². The molecule has 1 N–H and O–H groups in total. The summed E-state index contributed by atoms with van der Waals surface area (Å²) >= 11 is 0. The smallest absolute Gasteiger partial charge is 0.102 e. The molecule has 0 saturated carbocycles. The predicted molar refractivity (Wildman–Crippen MR) is 42.3 cm³/mol. The van der Waals surface area contributed by atoms with Gasteiger partial charge >= 0.3 is 0 Å². The molecule has 0 unspecified atom stereocenters. The van der Waals surface area contributed by atoms with Crippen molar-refractivity contribution in [2.75, 3.05) is 13.1 Å². The summed E-state index contributed by atoms with van der Waals surface area (Å²) in [6, 6.07) is 0. The van der Waals surface area contributed by atoms with E-state index in [1.165, 1.54) is 19.4 Å². The van der Waals surface area contributed by atoms with Crippen LogP contribution in [0.1, 0.15) is 12.8 Å². The topological polar surface area (TPSA) is 21.3 Å². The van der Waals surface area contributed by atoms with Crippen molar-refractivity contribution in [3.05, 3.63) is 12.2 Å². The molecule has 3 heterocycles. The average molecular weight is 151 g/mol. The summed E-state index contributed by atoms with van der Waals surface area (Å²) in [4.78, 5) is 0. The van der Waals surface area contributed by atoms with Gasteiger partial charge in [0.1, 0.15) is 5.60 Å². The minimum atomic E-state index is 0.114. The fraction of sp³-hybridized carbons (Fsp3) is 0.778. The first kappa shape index (κ1) is 6.21. The van der Waals surface area contributed by atoms with Gasteiger partial charge in [-0.25, -0.2) is 0 Å². The largest absolute Gasteiger partial charge is 0.362 e. The first-order valence-electron chi connectivity index (χ1n) is 4.47. The highest BCUT2D eigenvalue weighted by Gasteiger charge is 2.50. The Kier molecular flexibility index (Phi) is 1.06. The van der Waals surface area contributed by atoms with Crippen LogP contribution in [0, 0.1) is 5.92 Å². The summed E-state index contributed by atoms with van der Waals surface area (Å²) in [5.41, 5.74) is 0.114. The standard InChI is InChI=1S/C9H13NO/c1-3-9-6-10-4-2-7(9)5-8(1)11-9/h1,3,7-8,10H,2,4-6H2/t7-,8-,9-/m0/s1. The molecular weight excluding hydrogens is 138 g/mol. The second-order valence-electron chi connectivity index (χ2n) is 3.87. The summed E-state index contributed by atoms with van der Waals surface area (Å²) in [5, 5.41) is 3.40. The number of ether oxygens (including phenoxy) is 1. The Labute approximate surface area is 66.6 Å². The molecule has 3 aliphatic heterocycles. The number of nitrogens with one attached hydrogen (secondary N) is 1. The van der Waals surface area contributed by atoms with Gasteiger partial charge in [0.15, 0.2) is 0 Å². The Balaban J connectivity index is 1.97. The van der Waals surface area contributed by atoms with Crippen molar-refractivity contribution in [2.24, 2.45) is 5.92 Å². The van der Waals surface area contributed by atoms with Crippen molar-refractivity contribution in [3.8, 4) is 0 Å². The molecule has 0 amide bonds. The second kappa shape index (κ2) is 1.87. The Bertz CT molecular complexity index is 214. The number of hydrogen-bond acceptors (Lipinski definition) is 2. The lowest BCUT2D eigenvalue weighted by molar-refractivity contribution is 0.00135. The summed E-state index contributed by atoms with van der Waals surface area (Å²) in [5.74, 6) is 0.804. The van der Waals surface area contributed by atoms with E-state index in [0.717, 1.165) is 12.5 Å². The van der Waals surface area contributed by atoms with Crippen LogP contribution in [0.25, 0.3) is 0 Å². The van der Waals surface area contributed by atoms with Gasteiger partial charge in [-0.15, -0.1) is 0 Å². The van der Waals surface area contributed by atoms with E-state index in [1.807, 2.05) is 0 Å². The van der Waals surface area contributed by atoms with E-state index in [2.05, 4.69) is 17.5 Å². The summed E-state index contributed by atoms with van der Waals surface area (Å²) in [6.45, 7) is 2.21. The molecule has 2 bridgehead atoms. The molecule has 3 rings (SSSR count). The van der Waals surface area contributed by atoms with Gasteiger partial charge in [0.05, 0.1) is 6.10 Å². The highest BCUT2D eigenvalue weighted by atomic mass is 16.5. The molecule has 2 saturated heterocycles. The second-order valence-corrected chi connectivity index (χ2v) is 3.87. The van der Waals surface area contributed by atoms with Gasteiger partial charge in [-0.1, -0.05) is 12.2 Å². The molecule has 2 fully saturated rings. The quantitative estimate of drug-likeness (QED) is 0.514. The predicted octanol–water partition coefficient (Wildman–Crippen LogP) is 0.693. The maximum absolute atomic E-state index is 5.89. The van der Waals surface area contributed by atoms with Crippen molar-refractivity contribution < 1.29 is 4.74 Å². The average Bonchev–Trinajstić information content (AvgIpc) is 2.57. The maximum atomic E-state index is 5.89. The normalized spacial score (nSPS) is 53.1. The van der Waals surface area contributed by atoms with E-state index in [0.29, 0.717) is 6.10 Å². The lowest BCUT2D eigenvalue weighted by Crippen LogP contribution is -2.48. The van der Waals surface area contributed by atoms with Gasteiger partial charge < -0.3 is 10.1 Å². The highest BCUT2D eigenvalue weighted by molar-refractivity contribution is 5.22. The fourth-order valence-electron chi connectivity index (χ4n) is 2.64. The van der Waals surface area contributed by atoms with E-state index >= 15 is 0 Å². The van der Waals surface area contributed by atoms with Crippen LogP contribution in [0.2, 0.25) is 0 Å². The van der Waals surface area contributed by atoms with Crippen LogP contribution in [0.5, 0.6) is 0 Å². The molecule has 60 valence electrons. The Morgan fingerprint density at radius 3 is 3.36 bits per heavy atom. The summed E-state index contributed by atoms with van der Waals surface area (Å²) in [6.07, 6.45) is 7.50. The first-order chi connectivity index (χ1) is 5.39. The minimum absolute atomic E-state index is 0.114. The first-order valence-corrected chi connectivity index (χ1v) is 4.47. The minimum Gasteiger partial charge on any atom is -0.362 e. The molecule has 11 heavy (non-hydrogen) atoms. The SMILES string of the molecule is C1=C[C@]23CNCC[C@H]2C[C@H]1O3. The third-order valence-electron chi connectivity index (χ3n) is 3.24. The molecule has 0 aromatic rings. The van der Waals surface area contributed by atoms with Crippen LogP contribution in [0.3, 0.4) is 0 Å². The monoisotopic (exact) mass is 151 g/mol. The lowest BCUT2D eigenvalue weighted by Gasteiger charge is -2.35. The van der Waals surface area contributed by atoms with Gasteiger partial charge in [-0.2, -0.15) is 0 Å². The Hall–Kier alpha value is -0.340. The number of hydrogen-bond donors (Lipinski definition) is 1. The Morgan fingerprint density at radius 2 is 2.55 bits per heavy atom. The van der Waals surface area contributed by atoms with Crippen LogP contribution >= 0.6 is 0 Å². The van der Waals surface area contributed by atoms with E-state index in [1.54, 1.807) is 0 Å². The van der Waals surface area contributed by atoms with E-state index < -0.39 is 0 Å². The van der Waals surface area contributed by atoms with E-state index in [4.69, 9.17) is 4.74 Å². The van der Waals surface area contributed by atoms with Crippen molar-refractivity contribution >= 4 is 0 Å². The van der Waals surface area contributed by atoms with Crippen LogP contribution in [0.15, 0.2) is 12.2 Å².